The van der Waals surface area contributed by atoms with Gasteiger partial charge in [-0.1, -0.05) is 24.8 Å². The third-order valence-electron chi connectivity index (χ3n) is 2.25. The number of fused-ring (bicyclic) bond motifs is 1. The van der Waals surface area contributed by atoms with Crippen LogP contribution in [0.4, 0.5) is 0 Å². The van der Waals surface area contributed by atoms with Gasteiger partial charge in [-0.15, -0.1) is 0 Å². The molecule has 0 amide bonds. The number of hydrogen-bond donors (Lipinski definition) is 0. The van der Waals surface area contributed by atoms with E-state index in [0.717, 1.165) is 16.5 Å². The first kappa shape index (κ1) is 8.75. The summed E-state index contributed by atoms with van der Waals surface area (Å²) in [5.41, 5.74) is 1.63. The molecule has 2 heteroatoms. The smallest absolute Gasteiger partial charge is 0.220 e. The highest BCUT2D eigenvalue weighted by molar-refractivity contribution is 6.06. The molecule has 2 nitrogen and oxygen atoms in total. The van der Waals surface area contributed by atoms with Gasteiger partial charge in [-0.2, -0.15) is 0 Å². The average molecular weight is 186 g/mol. The Kier molecular flexibility index (Phi) is 1.97. The largest absolute Gasteiger partial charge is 0.452 e. The second kappa shape index (κ2) is 3.14. The van der Waals surface area contributed by atoms with Crippen LogP contribution in [0.1, 0.15) is 16.1 Å². The molecular formula is C12H10O2. The zero-order valence-electron chi connectivity index (χ0n) is 7.91. The van der Waals surface area contributed by atoms with Crippen molar-refractivity contribution in [1.82, 2.24) is 0 Å². The molecule has 1 aromatic heterocycles. The van der Waals surface area contributed by atoms with Crippen LogP contribution in [0.5, 0.6) is 0 Å². The van der Waals surface area contributed by atoms with Gasteiger partial charge in [0.2, 0.25) is 5.78 Å². The van der Waals surface area contributed by atoms with Gasteiger partial charge in [-0.05, 0) is 19.1 Å². The SMILES string of the molecule is C=CC(=O)c1oc2ccccc2c1C. The van der Waals surface area contributed by atoms with Gasteiger partial charge in [0.1, 0.15) is 5.58 Å². The molecular weight excluding hydrogens is 176 g/mol. The number of hydrogen-bond acceptors (Lipinski definition) is 2. The number of aryl methyl sites for hydroxylation is 1. The van der Waals surface area contributed by atoms with Crippen LogP contribution in [0, 0.1) is 6.92 Å². The summed E-state index contributed by atoms with van der Waals surface area (Å²) in [6.07, 6.45) is 1.27. The monoisotopic (exact) mass is 186 g/mol. The summed E-state index contributed by atoms with van der Waals surface area (Å²) in [5, 5.41) is 0.984. The van der Waals surface area contributed by atoms with Crippen molar-refractivity contribution in [2.75, 3.05) is 0 Å². The zero-order valence-corrected chi connectivity index (χ0v) is 7.91. The average Bonchev–Trinajstić information content (AvgIpc) is 2.56. The Balaban J connectivity index is 2.74. The van der Waals surface area contributed by atoms with Crippen molar-refractivity contribution in [1.29, 1.82) is 0 Å². The second-order valence-corrected chi connectivity index (χ2v) is 3.12. The summed E-state index contributed by atoms with van der Waals surface area (Å²) >= 11 is 0. The van der Waals surface area contributed by atoms with Crippen LogP contribution in [0.15, 0.2) is 41.3 Å². The fourth-order valence-electron chi connectivity index (χ4n) is 1.50. The number of para-hydroxylation sites is 1. The van der Waals surface area contributed by atoms with Crippen molar-refractivity contribution >= 4 is 16.8 Å². The van der Waals surface area contributed by atoms with E-state index in [-0.39, 0.29) is 5.78 Å². The lowest BCUT2D eigenvalue weighted by Crippen LogP contribution is -1.92. The second-order valence-electron chi connectivity index (χ2n) is 3.12. The van der Waals surface area contributed by atoms with E-state index in [4.69, 9.17) is 4.42 Å². The molecule has 0 aliphatic carbocycles. The van der Waals surface area contributed by atoms with Crippen LogP contribution < -0.4 is 0 Å². The lowest BCUT2D eigenvalue weighted by atomic mass is 10.1. The highest BCUT2D eigenvalue weighted by atomic mass is 16.3. The van der Waals surface area contributed by atoms with Crippen LogP contribution in [0.3, 0.4) is 0 Å². The van der Waals surface area contributed by atoms with E-state index < -0.39 is 0 Å². The Morgan fingerprint density at radius 1 is 1.43 bits per heavy atom. The molecule has 0 aliphatic rings. The van der Waals surface area contributed by atoms with Crippen molar-refractivity contribution in [3.05, 3.63) is 48.2 Å². The quantitative estimate of drug-likeness (QED) is 0.532. The fourth-order valence-corrected chi connectivity index (χ4v) is 1.50. The minimum Gasteiger partial charge on any atom is -0.452 e. The van der Waals surface area contributed by atoms with Crippen LogP contribution in [0.25, 0.3) is 11.0 Å². The molecule has 0 atom stereocenters. The van der Waals surface area contributed by atoms with Gasteiger partial charge in [-0.3, -0.25) is 4.79 Å². The molecule has 0 N–H and O–H groups in total. The first-order valence-corrected chi connectivity index (χ1v) is 4.39. The van der Waals surface area contributed by atoms with Crippen molar-refractivity contribution in [3.63, 3.8) is 0 Å². The van der Waals surface area contributed by atoms with Crippen LogP contribution in [0.2, 0.25) is 0 Å². The maximum absolute atomic E-state index is 11.4. The molecule has 0 aliphatic heterocycles. The Hall–Kier alpha value is -1.83. The van der Waals surface area contributed by atoms with Crippen molar-refractivity contribution in [2.24, 2.45) is 0 Å². The Bertz CT molecular complexity index is 506. The van der Waals surface area contributed by atoms with Crippen LogP contribution in [-0.2, 0) is 0 Å². The van der Waals surface area contributed by atoms with Crippen LogP contribution in [-0.4, -0.2) is 5.78 Å². The molecule has 0 spiro atoms. The minimum absolute atomic E-state index is 0.168. The summed E-state index contributed by atoms with van der Waals surface area (Å²) in [4.78, 5) is 11.4. The number of carbonyl (C=O) groups is 1. The Morgan fingerprint density at radius 3 is 2.79 bits per heavy atom. The van der Waals surface area contributed by atoms with Gasteiger partial charge in [0.15, 0.2) is 5.76 Å². The molecule has 2 aromatic rings. The summed E-state index contributed by atoms with van der Waals surface area (Å²) in [6.45, 7) is 5.32. The molecule has 0 unspecified atom stereocenters. The molecule has 1 aromatic carbocycles. The van der Waals surface area contributed by atoms with Gasteiger partial charge in [0.05, 0.1) is 0 Å². The molecule has 70 valence electrons. The standard InChI is InChI=1S/C12H10O2/c1-3-10(13)12-8(2)9-6-4-5-7-11(9)14-12/h3-7H,1H2,2H3. The van der Waals surface area contributed by atoms with E-state index in [1.165, 1.54) is 6.08 Å². The molecule has 0 fully saturated rings. The zero-order chi connectivity index (χ0) is 10.1. The molecule has 0 radical (unpaired) electrons. The lowest BCUT2D eigenvalue weighted by molar-refractivity contribution is 0.102. The predicted octanol–water partition coefficient (Wildman–Crippen LogP) is 3.11. The van der Waals surface area contributed by atoms with E-state index in [0.29, 0.717) is 5.76 Å². The normalized spacial score (nSPS) is 10.4. The van der Waals surface area contributed by atoms with E-state index in [9.17, 15) is 4.79 Å². The lowest BCUT2D eigenvalue weighted by Gasteiger charge is -1.89. The first-order valence-electron chi connectivity index (χ1n) is 4.39. The highest BCUT2D eigenvalue weighted by Crippen LogP contribution is 2.25. The van der Waals surface area contributed by atoms with Gasteiger partial charge < -0.3 is 4.42 Å². The molecule has 2 rings (SSSR count). The van der Waals surface area contributed by atoms with Gasteiger partial charge in [0, 0.05) is 10.9 Å². The number of furan rings is 1. The summed E-state index contributed by atoms with van der Waals surface area (Å²) in [6, 6.07) is 7.59. The molecule has 0 saturated carbocycles. The van der Waals surface area contributed by atoms with E-state index >= 15 is 0 Å². The molecule has 14 heavy (non-hydrogen) atoms. The van der Waals surface area contributed by atoms with Crippen molar-refractivity contribution in [3.8, 4) is 0 Å². The van der Waals surface area contributed by atoms with Crippen molar-refractivity contribution < 1.29 is 9.21 Å². The summed E-state index contributed by atoms with van der Waals surface area (Å²) < 4.78 is 5.43. The highest BCUT2D eigenvalue weighted by Gasteiger charge is 2.13. The number of allylic oxidation sites excluding steroid dienone is 1. The van der Waals surface area contributed by atoms with Gasteiger partial charge in [-0.25, -0.2) is 0 Å². The maximum atomic E-state index is 11.4. The minimum atomic E-state index is -0.168. The third-order valence-corrected chi connectivity index (χ3v) is 2.25. The maximum Gasteiger partial charge on any atom is 0.220 e. The number of benzene rings is 1. The number of ketones is 1. The van der Waals surface area contributed by atoms with Gasteiger partial charge in [0.25, 0.3) is 0 Å². The van der Waals surface area contributed by atoms with Gasteiger partial charge >= 0.3 is 0 Å². The Morgan fingerprint density at radius 2 is 2.14 bits per heavy atom. The molecule has 0 bridgehead atoms. The predicted molar refractivity (Wildman–Crippen MR) is 55.5 cm³/mol. The van der Waals surface area contributed by atoms with E-state index in [2.05, 4.69) is 6.58 Å². The number of rotatable bonds is 2. The van der Waals surface area contributed by atoms with Crippen molar-refractivity contribution in [2.45, 2.75) is 6.92 Å². The first-order chi connectivity index (χ1) is 6.74. The topological polar surface area (TPSA) is 30.2 Å². The Labute approximate surface area is 81.8 Å². The van der Waals surface area contributed by atoms with E-state index in [1.54, 1.807) is 0 Å². The third kappa shape index (κ3) is 1.16. The number of carbonyl (C=O) groups excluding carboxylic acids is 1. The van der Waals surface area contributed by atoms with E-state index in [1.807, 2.05) is 31.2 Å². The fraction of sp³-hybridized carbons (Fsp3) is 0.0833. The molecule has 0 saturated heterocycles. The summed E-state index contributed by atoms with van der Waals surface area (Å²) in [7, 11) is 0. The van der Waals surface area contributed by atoms with Crippen LogP contribution >= 0.6 is 0 Å². The summed E-state index contributed by atoms with van der Waals surface area (Å²) in [5.74, 6) is 0.222. The molecule has 1 heterocycles.